The molecule has 1 amide bonds. The number of aromatic nitrogens is 3. The van der Waals surface area contributed by atoms with E-state index in [-0.39, 0.29) is 30.1 Å². The molecule has 5 nitrogen and oxygen atoms in total. The van der Waals surface area contributed by atoms with Gasteiger partial charge in [0.2, 0.25) is 11.9 Å². The Kier molecular flexibility index (Phi) is 5.65. The van der Waals surface area contributed by atoms with Crippen LogP contribution in [0.25, 0.3) is 10.6 Å². The Bertz CT molecular complexity index is 588. The molecule has 0 aromatic carbocycles. The first-order valence-electron chi connectivity index (χ1n) is 5.23. The summed E-state index contributed by atoms with van der Waals surface area (Å²) in [7, 11) is 0. The zero-order valence-corrected chi connectivity index (χ0v) is 12.7. The first-order chi connectivity index (χ1) is 8.60. The van der Waals surface area contributed by atoms with E-state index in [1.165, 1.54) is 0 Å². The fraction of sp³-hybridized carbons (Fsp3) is 0.273. The average molecular weight is 319 g/mol. The van der Waals surface area contributed by atoms with Crippen molar-refractivity contribution in [1.29, 1.82) is 0 Å². The van der Waals surface area contributed by atoms with Crippen LogP contribution in [0.1, 0.15) is 10.7 Å². The number of hydrogen-bond acceptors (Lipinski definition) is 5. The van der Waals surface area contributed by atoms with Crippen molar-refractivity contribution in [3.05, 3.63) is 23.0 Å². The van der Waals surface area contributed by atoms with Gasteiger partial charge < -0.3 is 0 Å². The fourth-order valence-corrected chi connectivity index (χ4v) is 2.43. The summed E-state index contributed by atoms with van der Waals surface area (Å²) in [5.41, 5.74) is 1.67. The molecule has 0 bridgehead atoms. The van der Waals surface area contributed by atoms with Gasteiger partial charge in [0.25, 0.3) is 0 Å². The highest BCUT2D eigenvalue weighted by molar-refractivity contribution is 7.15. The minimum atomic E-state index is -0.328. The summed E-state index contributed by atoms with van der Waals surface area (Å²) in [5, 5.41) is 3.50. The molecule has 2 rings (SSSR count). The van der Waals surface area contributed by atoms with Gasteiger partial charge in [-0.3, -0.25) is 10.1 Å². The number of anilines is 1. The van der Waals surface area contributed by atoms with Crippen LogP contribution in [0.15, 0.2) is 12.3 Å². The number of nitrogens with zero attached hydrogens (tertiary/aromatic N) is 3. The van der Waals surface area contributed by atoms with E-state index in [1.54, 1.807) is 23.6 Å². The van der Waals surface area contributed by atoms with Crippen molar-refractivity contribution in [2.45, 2.75) is 13.8 Å². The quantitative estimate of drug-likeness (QED) is 0.883. The van der Waals surface area contributed by atoms with Crippen molar-refractivity contribution in [2.24, 2.45) is 0 Å². The molecule has 0 unspecified atom stereocenters. The maximum atomic E-state index is 11.2. The highest BCUT2D eigenvalue weighted by atomic mass is 35.5. The molecule has 0 saturated carbocycles. The van der Waals surface area contributed by atoms with Crippen LogP contribution in [0.3, 0.4) is 0 Å². The van der Waals surface area contributed by atoms with E-state index in [1.807, 2.05) is 13.8 Å². The van der Waals surface area contributed by atoms with Gasteiger partial charge in [-0.15, -0.1) is 35.3 Å². The third-order valence-corrected chi connectivity index (χ3v) is 3.50. The number of aryl methyl sites for hydroxylation is 2. The van der Waals surface area contributed by atoms with Gasteiger partial charge in [-0.2, -0.15) is 0 Å². The number of amides is 1. The Labute approximate surface area is 125 Å². The van der Waals surface area contributed by atoms with Gasteiger partial charge in [0.05, 0.1) is 21.3 Å². The molecule has 8 heteroatoms. The monoisotopic (exact) mass is 318 g/mol. The highest BCUT2D eigenvalue weighted by Gasteiger charge is 2.10. The van der Waals surface area contributed by atoms with Crippen LogP contribution in [0, 0.1) is 13.8 Å². The molecule has 0 aliphatic carbocycles. The van der Waals surface area contributed by atoms with Gasteiger partial charge in [-0.25, -0.2) is 15.0 Å². The molecule has 0 aliphatic heterocycles. The molecular formula is C11H12Cl2N4OS. The van der Waals surface area contributed by atoms with Crippen molar-refractivity contribution < 1.29 is 4.79 Å². The van der Waals surface area contributed by atoms with Crippen molar-refractivity contribution in [3.63, 3.8) is 0 Å². The van der Waals surface area contributed by atoms with Gasteiger partial charge in [-0.05, 0) is 19.9 Å². The highest BCUT2D eigenvalue weighted by Crippen LogP contribution is 2.28. The molecule has 1 N–H and O–H groups in total. The van der Waals surface area contributed by atoms with E-state index in [0.29, 0.717) is 0 Å². The van der Waals surface area contributed by atoms with E-state index >= 15 is 0 Å². The maximum absolute atomic E-state index is 11.2. The Morgan fingerprint density at radius 2 is 2.16 bits per heavy atom. The maximum Gasteiger partial charge on any atom is 0.241 e. The lowest BCUT2D eigenvalue weighted by atomic mass is 10.3. The lowest BCUT2D eigenvalue weighted by Crippen LogP contribution is -2.14. The standard InChI is InChI=1S/C11H11ClN4OS.ClH/c1-6-10(18-7(2)14-6)8-3-4-13-11(15-8)16-9(17)5-12;/h3-4H,5H2,1-2H3,(H,13,15,16,17);1H. The third kappa shape index (κ3) is 3.86. The van der Waals surface area contributed by atoms with Crippen molar-refractivity contribution >= 4 is 47.2 Å². The Hall–Kier alpha value is -1.24. The number of carbonyl (C=O) groups excluding carboxylic acids is 1. The van der Waals surface area contributed by atoms with Gasteiger partial charge >= 0.3 is 0 Å². The van der Waals surface area contributed by atoms with Crippen LogP contribution in [0.5, 0.6) is 0 Å². The molecule has 2 aromatic heterocycles. The summed E-state index contributed by atoms with van der Waals surface area (Å²) < 4.78 is 0. The molecule has 0 radical (unpaired) electrons. The van der Waals surface area contributed by atoms with E-state index in [4.69, 9.17) is 11.6 Å². The number of alkyl halides is 1. The van der Waals surface area contributed by atoms with Crippen molar-refractivity contribution in [1.82, 2.24) is 15.0 Å². The molecule has 0 aliphatic rings. The second kappa shape index (κ2) is 6.79. The Balaban J connectivity index is 0.00000180. The molecule has 2 heterocycles. The summed E-state index contributed by atoms with van der Waals surface area (Å²) in [6, 6.07) is 1.79. The molecule has 0 fully saturated rings. The Morgan fingerprint density at radius 1 is 1.42 bits per heavy atom. The van der Waals surface area contributed by atoms with E-state index < -0.39 is 0 Å². The van der Waals surface area contributed by atoms with Gasteiger partial charge in [-0.1, -0.05) is 0 Å². The minimum Gasteiger partial charge on any atom is -0.293 e. The number of carbonyl (C=O) groups is 1. The van der Waals surface area contributed by atoms with Crippen LogP contribution < -0.4 is 5.32 Å². The lowest BCUT2D eigenvalue weighted by Gasteiger charge is -2.03. The SMILES string of the molecule is Cc1nc(C)c(-c2ccnc(NC(=O)CCl)n2)s1.Cl. The second-order valence-electron chi connectivity index (χ2n) is 3.59. The zero-order valence-electron chi connectivity index (χ0n) is 10.3. The van der Waals surface area contributed by atoms with Crippen LogP contribution in [-0.4, -0.2) is 26.7 Å². The van der Waals surface area contributed by atoms with Gasteiger partial charge in [0, 0.05) is 6.20 Å². The molecule has 19 heavy (non-hydrogen) atoms. The smallest absolute Gasteiger partial charge is 0.241 e. The topological polar surface area (TPSA) is 67.8 Å². The van der Waals surface area contributed by atoms with Crippen molar-refractivity contribution in [3.8, 4) is 10.6 Å². The summed E-state index contributed by atoms with van der Waals surface area (Å²) in [6.45, 7) is 3.87. The molecule has 0 saturated heterocycles. The van der Waals surface area contributed by atoms with Crippen molar-refractivity contribution in [2.75, 3.05) is 11.2 Å². The summed E-state index contributed by atoms with van der Waals surface area (Å²) in [5.74, 6) is -0.193. The summed E-state index contributed by atoms with van der Waals surface area (Å²) >= 11 is 6.97. The first kappa shape index (κ1) is 15.8. The van der Waals surface area contributed by atoms with E-state index in [2.05, 4.69) is 20.3 Å². The number of nitrogens with one attached hydrogen (secondary N) is 1. The summed E-state index contributed by atoms with van der Waals surface area (Å²) in [4.78, 5) is 24.7. The first-order valence-corrected chi connectivity index (χ1v) is 6.58. The van der Waals surface area contributed by atoms with Crippen LogP contribution in [0.2, 0.25) is 0 Å². The minimum absolute atomic E-state index is 0. The summed E-state index contributed by atoms with van der Waals surface area (Å²) in [6.07, 6.45) is 1.60. The molecule has 0 spiro atoms. The van der Waals surface area contributed by atoms with Crippen LogP contribution in [-0.2, 0) is 4.79 Å². The largest absolute Gasteiger partial charge is 0.293 e. The van der Waals surface area contributed by atoms with Gasteiger partial charge in [0.1, 0.15) is 5.88 Å². The number of rotatable bonds is 3. The van der Waals surface area contributed by atoms with Crippen LogP contribution in [0.4, 0.5) is 5.95 Å². The van der Waals surface area contributed by atoms with E-state index in [0.717, 1.165) is 21.3 Å². The predicted octanol–water partition coefficient (Wildman–Crippen LogP) is 2.82. The fourth-order valence-electron chi connectivity index (χ4n) is 1.47. The molecule has 2 aromatic rings. The zero-order chi connectivity index (χ0) is 13.1. The van der Waals surface area contributed by atoms with Crippen LogP contribution >= 0.6 is 35.3 Å². The third-order valence-electron chi connectivity index (χ3n) is 2.16. The predicted molar refractivity (Wildman–Crippen MR) is 79.2 cm³/mol. The molecular weight excluding hydrogens is 307 g/mol. The number of thiazole rings is 1. The van der Waals surface area contributed by atoms with Gasteiger partial charge in [0.15, 0.2) is 0 Å². The molecule has 0 atom stereocenters. The number of hydrogen-bond donors (Lipinski definition) is 1. The number of halogens is 2. The van der Waals surface area contributed by atoms with E-state index in [9.17, 15) is 4.79 Å². The Morgan fingerprint density at radius 3 is 2.74 bits per heavy atom. The lowest BCUT2D eigenvalue weighted by molar-refractivity contribution is -0.114. The average Bonchev–Trinajstić information content (AvgIpc) is 2.68. The normalized spacial score (nSPS) is 9.84. The second-order valence-corrected chi connectivity index (χ2v) is 5.07. The molecule has 102 valence electrons.